The third kappa shape index (κ3) is 5.14. The molecule has 4 rings (SSSR count). The third-order valence-electron chi connectivity index (χ3n) is 5.39. The van der Waals surface area contributed by atoms with Gasteiger partial charge >= 0.3 is 0 Å². The van der Waals surface area contributed by atoms with Gasteiger partial charge in [0.15, 0.2) is 5.82 Å². The maximum Gasteiger partial charge on any atom is 0.219 e. The van der Waals surface area contributed by atoms with E-state index in [2.05, 4.69) is 39.2 Å². The van der Waals surface area contributed by atoms with Crippen LogP contribution in [0.3, 0.4) is 0 Å². The summed E-state index contributed by atoms with van der Waals surface area (Å²) in [5.41, 5.74) is 5.48. The first kappa shape index (κ1) is 22.6. The van der Waals surface area contributed by atoms with Crippen LogP contribution < -0.4 is 10.6 Å². The van der Waals surface area contributed by atoms with Gasteiger partial charge in [0.25, 0.3) is 0 Å². The molecule has 1 aliphatic heterocycles. The highest BCUT2D eigenvalue weighted by Crippen LogP contribution is 2.29. The van der Waals surface area contributed by atoms with Crippen molar-refractivity contribution in [3.63, 3.8) is 0 Å². The fourth-order valence-corrected chi connectivity index (χ4v) is 3.71. The first-order chi connectivity index (χ1) is 15.0. The Morgan fingerprint density at radius 1 is 1.16 bits per heavy atom. The topological polar surface area (TPSA) is 80.0 Å². The van der Waals surface area contributed by atoms with Gasteiger partial charge in [0.05, 0.1) is 19.3 Å². The van der Waals surface area contributed by atoms with Crippen LogP contribution in [0.2, 0.25) is 0 Å². The average Bonchev–Trinajstić information content (AvgIpc) is 3.39. The van der Waals surface area contributed by atoms with E-state index in [9.17, 15) is 4.79 Å². The lowest BCUT2D eigenvalue weighted by atomic mass is 10.1. The van der Waals surface area contributed by atoms with Crippen molar-refractivity contribution >= 4 is 17.4 Å². The minimum absolute atomic E-state index is 0.102. The molecule has 0 bridgehead atoms. The molecule has 3 heterocycles. The molecule has 0 atom stereocenters. The number of fused-ring (bicyclic) bond motifs is 1. The number of carbonyl (C=O) groups is 1. The number of nitrogens with zero attached hydrogens (tertiary/aromatic N) is 5. The van der Waals surface area contributed by atoms with Crippen molar-refractivity contribution in [2.45, 2.75) is 40.3 Å². The summed E-state index contributed by atoms with van der Waals surface area (Å²) in [5.74, 6) is 0.922. The van der Waals surface area contributed by atoms with E-state index in [0.29, 0.717) is 6.54 Å². The molecule has 0 saturated heterocycles. The molecule has 1 amide bonds. The largest absolute Gasteiger partial charge is 0.338 e. The van der Waals surface area contributed by atoms with Gasteiger partial charge in [-0.2, -0.15) is 10.2 Å². The number of amides is 1. The predicted octanol–water partition coefficient (Wildman–Crippen LogP) is 3.18. The van der Waals surface area contributed by atoms with Gasteiger partial charge in [0.2, 0.25) is 5.91 Å². The molecule has 1 aromatic carbocycles. The average molecular weight is 424 g/mol. The van der Waals surface area contributed by atoms with Gasteiger partial charge in [0.1, 0.15) is 0 Å². The summed E-state index contributed by atoms with van der Waals surface area (Å²) in [6, 6.07) is 8.26. The lowest BCUT2D eigenvalue weighted by Gasteiger charge is -2.26. The number of hydrogen-bond donors (Lipinski definition) is 2. The quantitative estimate of drug-likeness (QED) is 0.637. The van der Waals surface area contributed by atoms with E-state index >= 15 is 0 Å². The Hall–Kier alpha value is -3.13. The molecule has 0 spiro atoms. The minimum Gasteiger partial charge on any atom is -0.338 e. The Morgan fingerprint density at radius 3 is 2.58 bits per heavy atom. The van der Waals surface area contributed by atoms with Crippen molar-refractivity contribution in [1.82, 2.24) is 29.8 Å². The maximum absolute atomic E-state index is 11.8. The molecule has 166 valence electrons. The van der Waals surface area contributed by atoms with E-state index in [1.165, 1.54) is 5.69 Å². The summed E-state index contributed by atoms with van der Waals surface area (Å²) in [4.78, 5) is 13.7. The van der Waals surface area contributed by atoms with Crippen LogP contribution in [-0.2, 0) is 31.4 Å². The summed E-state index contributed by atoms with van der Waals surface area (Å²) in [6.45, 7) is 8.70. The molecular weight excluding hydrogens is 390 g/mol. The number of hydrogen-bond acceptors (Lipinski definition) is 5. The van der Waals surface area contributed by atoms with E-state index in [0.717, 1.165) is 54.3 Å². The van der Waals surface area contributed by atoms with E-state index in [1.54, 1.807) is 6.92 Å². The molecule has 0 fully saturated rings. The molecule has 0 unspecified atom stereocenters. The van der Waals surface area contributed by atoms with Crippen LogP contribution in [0.15, 0.2) is 36.7 Å². The molecule has 0 saturated carbocycles. The SMILES string of the molecule is CC.CNCCn1cc(-c2ccc(Nc3nn(C)c4c3CN(C(C)=O)CC4)cc2)cn1. The summed E-state index contributed by atoms with van der Waals surface area (Å²) < 4.78 is 3.86. The molecule has 0 aliphatic carbocycles. The third-order valence-corrected chi connectivity index (χ3v) is 5.39. The number of carbonyl (C=O) groups excluding carboxylic acids is 1. The Bertz CT molecular complexity index is 1000. The van der Waals surface area contributed by atoms with E-state index in [-0.39, 0.29) is 5.91 Å². The fourth-order valence-electron chi connectivity index (χ4n) is 3.71. The van der Waals surface area contributed by atoms with Gasteiger partial charge in [-0.05, 0) is 24.7 Å². The van der Waals surface area contributed by atoms with Crippen molar-refractivity contribution in [2.24, 2.45) is 7.05 Å². The zero-order valence-corrected chi connectivity index (χ0v) is 19.1. The summed E-state index contributed by atoms with van der Waals surface area (Å²) in [6.07, 6.45) is 4.78. The van der Waals surface area contributed by atoms with E-state index < -0.39 is 0 Å². The molecule has 1 aliphatic rings. The zero-order chi connectivity index (χ0) is 22.4. The second-order valence-corrected chi connectivity index (χ2v) is 7.39. The fraction of sp³-hybridized carbons (Fsp3) is 0.435. The van der Waals surface area contributed by atoms with Crippen LogP contribution in [0, 0.1) is 0 Å². The van der Waals surface area contributed by atoms with Crippen LogP contribution >= 0.6 is 0 Å². The standard InChI is InChI=1S/C21H27N7O.C2H6/c1-15(29)27-10-8-20-19(14-27)21(25-26(20)3)24-18-6-4-16(5-7-18)17-12-23-28(13-17)11-9-22-2;1-2/h4-7,12-13,22H,8-11,14H2,1-3H3,(H,24,25);1-2H3. The molecule has 3 aromatic rings. The first-order valence-electron chi connectivity index (χ1n) is 10.9. The number of aryl methyl sites for hydroxylation is 1. The Balaban J connectivity index is 0.00000132. The molecule has 8 heteroatoms. The van der Waals surface area contributed by atoms with Crippen molar-refractivity contribution in [3.8, 4) is 11.1 Å². The van der Waals surface area contributed by atoms with Crippen molar-refractivity contribution < 1.29 is 4.79 Å². The number of anilines is 2. The molecule has 31 heavy (non-hydrogen) atoms. The van der Waals surface area contributed by atoms with E-state index in [4.69, 9.17) is 0 Å². The summed E-state index contributed by atoms with van der Waals surface area (Å²) in [7, 11) is 3.90. The summed E-state index contributed by atoms with van der Waals surface area (Å²) in [5, 5.41) is 15.6. The van der Waals surface area contributed by atoms with E-state index in [1.807, 2.05) is 60.5 Å². The van der Waals surface area contributed by atoms with Crippen molar-refractivity contribution in [2.75, 3.05) is 25.5 Å². The van der Waals surface area contributed by atoms with Gasteiger partial charge < -0.3 is 15.5 Å². The molecule has 0 radical (unpaired) electrons. The van der Waals surface area contributed by atoms with Gasteiger partial charge in [-0.25, -0.2) is 0 Å². The number of likely N-dealkylation sites (N-methyl/N-ethyl adjacent to an activating group) is 1. The lowest BCUT2D eigenvalue weighted by molar-refractivity contribution is -0.129. The van der Waals surface area contributed by atoms with Gasteiger partial charge in [-0.1, -0.05) is 26.0 Å². The Morgan fingerprint density at radius 2 is 1.90 bits per heavy atom. The summed E-state index contributed by atoms with van der Waals surface area (Å²) >= 11 is 0. The van der Waals surface area contributed by atoms with Crippen LogP contribution in [0.1, 0.15) is 32.0 Å². The van der Waals surface area contributed by atoms with Crippen molar-refractivity contribution in [1.29, 1.82) is 0 Å². The van der Waals surface area contributed by atoms with Gasteiger partial charge in [-0.15, -0.1) is 0 Å². The zero-order valence-electron chi connectivity index (χ0n) is 19.1. The van der Waals surface area contributed by atoms with Crippen molar-refractivity contribution in [3.05, 3.63) is 47.9 Å². The lowest BCUT2D eigenvalue weighted by Crippen LogP contribution is -2.34. The Kier molecular flexibility index (Phi) is 7.46. The van der Waals surface area contributed by atoms with Crippen LogP contribution in [0.5, 0.6) is 0 Å². The highest BCUT2D eigenvalue weighted by molar-refractivity contribution is 5.74. The Labute approximate surface area is 184 Å². The molecular formula is C23H33N7O. The monoisotopic (exact) mass is 423 g/mol. The maximum atomic E-state index is 11.8. The first-order valence-corrected chi connectivity index (χ1v) is 10.9. The molecule has 8 nitrogen and oxygen atoms in total. The molecule has 2 aromatic heterocycles. The minimum atomic E-state index is 0.102. The normalized spacial score (nSPS) is 12.7. The smallest absolute Gasteiger partial charge is 0.219 e. The van der Waals surface area contributed by atoms with Gasteiger partial charge in [-0.3, -0.25) is 14.2 Å². The number of rotatable bonds is 6. The van der Waals surface area contributed by atoms with Gasteiger partial charge in [0, 0.05) is 62.2 Å². The van der Waals surface area contributed by atoms with Crippen LogP contribution in [0.4, 0.5) is 11.5 Å². The number of benzene rings is 1. The number of nitrogens with one attached hydrogen (secondary N) is 2. The molecule has 2 N–H and O–H groups in total. The van der Waals surface area contributed by atoms with Crippen LogP contribution in [0.25, 0.3) is 11.1 Å². The second-order valence-electron chi connectivity index (χ2n) is 7.39. The highest BCUT2D eigenvalue weighted by atomic mass is 16.2. The van der Waals surface area contributed by atoms with Crippen LogP contribution in [-0.4, -0.2) is 50.5 Å². The predicted molar refractivity (Wildman–Crippen MR) is 124 cm³/mol. The highest BCUT2D eigenvalue weighted by Gasteiger charge is 2.25. The second kappa shape index (κ2) is 10.3. The number of aromatic nitrogens is 4.